The van der Waals surface area contributed by atoms with Gasteiger partial charge in [-0.15, -0.1) is 13.2 Å². The number of rotatable bonds is 8. The van der Waals surface area contributed by atoms with E-state index in [2.05, 4.69) is 20.0 Å². The molecule has 0 bridgehead atoms. The molecule has 9 nitrogen and oxygen atoms in total. The van der Waals surface area contributed by atoms with E-state index in [1.54, 1.807) is 36.4 Å². The standard InChI is InChI=1S/C26H21F3N4O5/c1-37-20-9-19(12-30-14-20)17-7-8-18(22(10-17)38-26(27,28)29)13-31-24(35)21-11-23(34)33(25(36)32-21)15-16-5-3-2-4-6-16/h2-12,14H,13,15H2,1H3,(H,31,35)(H,32,36). The highest BCUT2D eigenvalue weighted by Crippen LogP contribution is 2.32. The fourth-order valence-electron chi connectivity index (χ4n) is 3.62. The Morgan fingerprint density at radius 1 is 1.03 bits per heavy atom. The predicted molar refractivity (Wildman–Crippen MR) is 131 cm³/mol. The zero-order chi connectivity index (χ0) is 27.3. The summed E-state index contributed by atoms with van der Waals surface area (Å²) >= 11 is 0. The van der Waals surface area contributed by atoms with E-state index in [-0.39, 0.29) is 24.3 Å². The lowest BCUT2D eigenvalue weighted by Gasteiger charge is -2.15. The number of halogens is 3. The molecule has 196 valence electrons. The number of nitrogens with one attached hydrogen (secondary N) is 2. The van der Waals surface area contributed by atoms with Gasteiger partial charge in [-0.2, -0.15) is 0 Å². The van der Waals surface area contributed by atoms with Crippen LogP contribution in [0.5, 0.6) is 11.5 Å². The molecule has 0 aliphatic heterocycles. The Morgan fingerprint density at radius 2 is 1.79 bits per heavy atom. The summed E-state index contributed by atoms with van der Waals surface area (Å²) in [5.41, 5.74) is -0.263. The van der Waals surface area contributed by atoms with Gasteiger partial charge in [-0.3, -0.25) is 19.1 Å². The topological polar surface area (TPSA) is 115 Å². The van der Waals surface area contributed by atoms with Crippen LogP contribution in [0.25, 0.3) is 11.1 Å². The minimum absolute atomic E-state index is 0.00417. The first-order valence-corrected chi connectivity index (χ1v) is 11.2. The Morgan fingerprint density at radius 3 is 2.47 bits per heavy atom. The molecule has 0 fully saturated rings. The summed E-state index contributed by atoms with van der Waals surface area (Å²) in [4.78, 5) is 43.9. The molecule has 0 aliphatic carbocycles. The van der Waals surface area contributed by atoms with E-state index < -0.39 is 29.3 Å². The van der Waals surface area contributed by atoms with Crippen molar-refractivity contribution in [1.82, 2.24) is 19.9 Å². The summed E-state index contributed by atoms with van der Waals surface area (Å²) in [5.74, 6) is -0.980. The molecule has 2 aromatic carbocycles. The van der Waals surface area contributed by atoms with Gasteiger partial charge in [0.05, 0.1) is 19.9 Å². The minimum atomic E-state index is -4.99. The second-order valence-electron chi connectivity index (χ2n) is 8.06. The lowest BCUT2D eigenvalue weighted by Crippen LogP contribution is -2.38. The van der Waals surface area contributed by atoms with Gasteiger partial charge in [-0.1, -0.05) is 42.5 Å². The quantitative estimate of drug-likeness (QED) is 0.363. The number of aromatic amines is 1. The fourth-order valence-corrected chi connectivity index (χ4v) is 3.62. The van der Waals surface area contributed by atoms with Crippen LogP contribution in [0, 0.1) is 0 Å². The number of carbonyl (C=O) groups is 1. The number of amides is 1. The molecule has 0 saturated heterocycles. The first kappa shape index (κ1) is 26.2. The average Bonchev–Trinajstić information content (AvgIpc) is 2.89. The van der Waals surface area contributed by atoms with Crippen LogP contribution in [0.3, 0.4) is 0 Å². The molecule has 4 aromatic rings. The Balaban J connectivity index is 1.55. The van der Waals surface area contributed by atoms with Crippen molar-refractivity contribution in [2.24, 2.45) is 0 Å². The molecule has 0 aliphatic rings. The third-order valence-corrected chi connectivity index (χ3v) is 5.46. The van der Waals surface area contributed by atoms with Gasteiger partial charge in [0.2, 0.25) is 0 Å². The van der Waals surface area contributed by atoms with Gasteiger partial charge in [-0.25, -0.2) is 4.79 Å². The van der Waals surface area contributed by atoms with E-state index in [1.165, 1.54) is 31.6 Å². The molecular formula is C26H21F3N4O5. The van der Waals surface area contributed by atoms with E-state index in [9.17, 15) is 27.6 Å². The van der Waals surface area contributed by atoms with E-state index in [0.717, 1.165) is 16.7 Å². The number of alkyl halides is 3. The summed E-state index contributed by atoms with van der Waals surface area (Å²) in [6.45, 7) is -0.375. The maximum atomic E-state index is 13.1. The van der Waals surface area contributed by atoms with Gasteiger partial charge in [-0.05, 0) is 23.3 Å². The Kier molecular flexibility index (Phi) is 7.61. The van der Waals surface area contributed by atoms with Gasteiger partial charge in [0, 0.05) is 29.9 Å². The Bertz CT molecular complexity index is 1530. The van der Waals surface area contributed by atoms with Gasteiger partial charge in [0.15, 0.2) is 0 Å². The smallest absolute Gasteiger partial charge is 0.495 e. The summed E-state index contributed by atoms with van der Waals surface area (Å²) < 4.78 is 49.5. The zero-order valence-electron chi connectivity index (χ0n) is 19.9. The summed E-state index contributed by atoms with van der Waals surface area (Å²) in [6, 6.07) is 15.4. The first-order chi connectivity index (χ1) is 18.1. The summed E-state index contributed by atoms with van der Waals surface area (Å²) in [7, 11) is 1.43. The number of pyridine rings is 1. The number of hydrogen-bond donors (Lipinski definition) is 2. The van der Waals surface area contributed by atoms with Gasteiger partial charge in [0.25, 0.3) is 11.5 Å². The number of H-pyrrole nitrogens is 1. The van der Waals surface area contributed by atoms with Crippen LogP contribution in [-0.2, 0) is 13.1 Å². The van der Waals surface area contributed by atoms with Gasteiger partial charge in [0.1, 0.15) is 17.2 Å². The Hall–Kier alpha value is -4.87. The summed E-state index contributed by atoms with van der Waals surface area (Å²) in [5, 5.41) is 2.41. The molecule has 2 aromatic heterocycles. The molecule has 4 rings (SSSR count). The number of ether oxygens (including phenoxy) is 2. The van der Waals surface area contributed by atoms with Gasteiger partial charge < -0.3 is 19.8 Å². The highest BCUT2D eigenvalue weighted by Gasteiger charge is 2.32. The normalized spacial score (nSPS) is 11.2. The molecule has 2 heterocycles. The third-order valence-electron chi connectivity index (χ3n) is 5.46. The first-order valence-electron chi connectivity index (χ1n) is 11.2. The van der Waals surface area contributed by atoms with Crippen LogP contribution in [0.2, 0.25) is 0 Å². The lowest BCUT2D eigenvalue weighted by molar-refractivity contribution is -0.274. The number of aromatic nitrogens is 3. The molecule has 0 spiro atoms. The number of carbonyl (C=O) groups excluding carboxylic acids is 1. The van der Waals surface area contributed by atoms with E-state index in [4.69, 9.17) is 4.74 Å². The number of nitrogens with zero attached hydrogens (tertiary/aromatic N) is 2. The maximum Gasteiger partial charge on any atom is 0.573 e. The van der Waals surface area contributed by atoms with E-state index >= 15 is 0 Å². The molecule has 38 heavy (non-hydrogen) atoms. The minimum Gasteiger partial charge on any atom is -0.495 e. The van der Waals surface area contributed by atoms with Crippen molar-refractivity contribution in [3.63, 3.8) is 0 Å². The molecule has 0 unspecified atom stereocenters. The van der Waals surface area contributed by atoms with Crippen molar-refractivity contribution < 1.29 is 27.4 Å². The third kappa shape index (κ3) is 6.46. The predicted octanol–water partition coefficient (Wildman–Crippen LogP) is 3.48. The molecule has 12 heteroatoms. The second-order valence-corrected chi connectivity index (χ2v) is 8.06. The van der Waals surface area contributed by atoms with Crippen molar-refractivity contribution in [3.05, 3.63) is 111 Å². The van der Waals surface area contributed by atoms with Crippen molar-refractivity contribution in [2.45, 2.75) is 19.5 Å². The zero-order valence-corrected chi connectivity index (χ0v) is 19.9. The van der Waals surface area contributed by atoms with Crippen molar-refractivity contribution in [1.29, 1.82) is 0 Å². The maximum absolute atomic E-state index is 13.1. The molecular weight excluding hydrogens is 505 g/mol. The highest BCUT2D eigenvalue weighted by atomic mass is 19.4. The molecule has 0 atom stereocenters. The number of hydrogen-bond acceptors (Lipinski definition) is 6. The van der Waals surface area contributed by atoms with Crippen LogP contribution in [0.4, 0.5) is 13.2 Å². The van der Waals surface area contributed by atoms with Gasteiger partial charge >= 0.3 is 12.1 Å². The van der Waals surface area contributed by atoms with Crippen LogP contribution < -0.4 is 26.0 Å². The average molecular weight is 526 g/mol. The fraction of sp³-hybridized carbons (Fsp3) is 0.154. The summed E-state index contributed by atoms with van der Waals surface area (Å²) in [6.07, 6.45) is -2.09. The monoisotopic (exact) mass is 526 g/mol. The van der Waals surface area contributed by atoms with Crippen LogP contribution in [0.1, 0.15) is 21.6 Å². The molecule has 0 saturated carbocycles. The SMILES string of the molecule is COc1cncc(-c2ccc(CNC(=O)c3cc(=O)n(Cc4ccccc4)c(=O)[nH]3)c(OC(F)(F)F)c2)c1. The Labute approximate surface area is 213 Å². The van der Waals surface area contributed by atoms with Crippen molar-refractivity contribution in [3.8, 4) is 22.6 Å². The highest BCUT2D eigenvalue weighted by molar-refractivity contribution is 5.92. The van der Waals surface area contributed by atoms with E-state index in [1.807, 2.05) is 0 Å². The second kappa shape index (κ2) is 11.0. The number of methoxy groups -OCH3 is 1. The van der Waals surface area contributed by atoms with Crippen molar-refractivity contribution >= 4 is 5.91 Å². The van der Waals surface area contributed by atoms with E-state index in [0.29, 0.717) is 22.4 Å². The molecule has 2 N–H and O–H groups in total. The largest absolute Gasteiger partial charge is 0.573 e. The van der Waals surface area contributed by atoms with Crippen LogP contribution in [-0.4, -0.2) is 33.9 Å². The lowest BCUT2D eigenvalue weighted by atomic mass is 10.0. The molecule has 0 radical (unpaired) electrons. The van der Waals surface area contributed by atoms with Crippen molar-refractivity contribution in [2.75, 3.05) is 7.11 Å². The number of benzene rings is 2. The van der Waals surface area contributed by atoms with Crippen LogP contribution >= 0.6 is 0 Å². The van der Waals surface area contributed by atoms with Crippen LogP contribution in [0.15, 0.2) is 82.6 Å². The molecule has 1 amide bonds.